The number of ether oxygens (including phenoxy) is 2. The summed E-state index contributed by atoms with van der Waals surface area (Å²) in [5.74, 6) is 1.25. The van der Waals surface area contributed by atoms with Crippen LogP contribution >= 0.6 is 0 Å². The Morgan fingerprint density at radius 1 is 1.13 bits per heavy atom. The molecule has 2 bridgehead atoms. The summed E-state index contributed by atoms with van der Waals surface area (Å²) in [6.07, 6.45) is 0.484. The number of methoxy groups -OCH3 is 1. The van der Waals surface area contributed by atoms with Gasteiger partial charge in [0.15, 0.2) is 0 Å². The van der Waals surface area contributed by atoms with Gasteiger partial charge in [0, 0.05) is 43.3 Å². The molecule has 1 unspecified atom stereocenters. The largest absolute Gasteiger partial charge is 0.497 e. The van der Waals surface area contributed by atoms with Crippen LogP contribution in [0.25, 0.3) is 0 Å². The van der Waals surface area contributed by atoms with Gasteiger partial charge in [-0.1, -0.05) is 6.42 Å². The molecular formula is C22H22F3N3O3. The Morgan fingerprint density at radius 2 is 1.87 bits per heavy atom. The lowest BCUT2D eigenvalue weighted by Gasteiger charge is -2.46. The molecule has 3 heterocycles. The van der Waals surface area contributed by atoms with Crippen molar-refractivity contribution in [3.63, 3.8) is 0 Å². The molecule has 4 rings (SSSR count). The van der Waals surface area contributed by atoms with Gasteiger partial charge in [-0.05, 0) is 31.0 Å². The Balaban J connectivity index is 1.44. The summed E-state index contributed by atoms with van der Waals surface area (Å²) in [5.41, 5.74) is -0.392. The summed E-state index contributed by atoms with van der Waals surface area (Å²) in [5, 5.41) is 11.3. The minimum atomic E-state index is -4.43. The summed E-state index contributed by atoms with van der Waals surface area (Å²) in [4.78, 5) is 9.72. The van der Waals surface area contributed by atoms with Crippen molar-refractivity contribution in [3.8, 4) is 23.4 Å². The van der Waals surface area contributed by atoms with Crippen LogP contribution in [0.4, 0.5) is 13.2 Å². The Labute approximate surface area is 178 Å². The Hall–Kier alpha value is -2.99. The standard InChI is InChI=1S/C22H22F3N3O3/c1-29-18-6-7-20(14(9-18)12-26)30-19-10-16-3-2-4-17(11-19)28(16)31-21-8-5-15(13-27-21)22(23,24)25/h5-9,13,16-17,19H,2-4,10-11H2,1H3/t16-,17+,19?. The van der Waals surface area contributed by atoms with Gasteiger partial charge in [0.25, 0.3) is 0 Å². The van der Waals surface area contributed by atoms with Crippen molar-refractivity contribution in [1.82, 2.24) is 10.0 Å². The van der Waals surface area contributed by atoms with E-state index in [0.29, 0.717) is 29.9 Å². The number of alkyl halides is 3. The van der Waals surface area contributed by atoms with E-state index in [1.54, 1.807) is 25.3 Å². The zero-order valence-corrected chi connectivity index (χ0v) is 16.9. The van der Waals surface area contributed by atoms with Crippen molar-refractivity contribution in [3.05, 3.63) is 47.7 Å². The predicted octanol–water partition coefficient (Wildman–Crippen LogP) is 4.74. The molecule has 1 aromatic carbocycles. The van der Waals surface area contributed by atoms with Crippen LogP contribution in [-0.2, 0) is 6.18 Å². The second-order valence-electron chi connectivity index (χ2n) is 7.76. The highest BCUT2D eigenvalue weighted by molar-refractivity contribution is 5.47. The average molecular weight is 433 g/mol. The van der Waals surface area contributed by atoms with E-state index in [0.717, 1.165) is 31.5 Å². The van der Waals surface area contributed by atoms with Crippen LogP contribution in [0.1, 0.15) is 43.2 Å². The lowest BCUT2D eigenvalue weighted by molar-refractivity contribution is -0.185. The highest BCUT2D eigenvalue weighted by Gasteiger charge is 2.41. The number of piperidine rings is 2. The number of benzene rings is 1. The van der Waals surface area contributed by atoms with Crippen LogP contribution in [0, 0.1) is 11.3 Å². The monoisotopic (exact) mass is 433 g/mol. The molecule has 9 heteroatoms. The fourth-order valence-corrected chi connectivity index (χ4v) is 4.25. The number of rotatable bonds is 5. The lowest BCUT2D eigenvalue weighted by Crippen LogP contribution is -2.55. The van der Waals surface area contributed by atoms with E-state index in [-0.39, 0.29) is 24.1 Å². The fraction of sp³-hybridized carbons (Fsp3) is 0.455. The maximum Gasteiger partial charge on any atom is 0.417 e. The van der Waals surface area contributed by atoms with Crippen LogP contribution in [-0.4, -0.2) is 35.3 Å². The maximum atomic E-state index is 12.8. The first kappa shape index (κ1) is 21.2. The molecule has 0 aliphatic carbocycles. The maximum absolute atomic E-state index is 12.8. The highest BCUT2D eigenvalue weighted by atomic mass is 19.4. The number of hydrogen-bond donors (Lipinski definition) is 0. The minimum absolute atomic E-state index is 0.0605. The smallest absolute Gasteiger partial charge is 0.417 e. The topological polar surface area (TPSA) is 67.6 Å². The van der Waals surface area contributed by atoms with Gasteiger partial charge in [-0.15, -0.1) is 5.06 Å². The molecule has 0 saturated carbocycles. The SMILES string of the molecule is COc1ccc(OC2C[C@H]3CCC[C@@H](C2)N3Oc2ccc(C(F)(F)F)cn2)c(C#N)c1. The minimum Gasteiger partial charge on any atom is -0.497 e. The van der Waals surface area contributed by atoms with Crippen molar-refractivity contribution < 1.29 is 27.5 Å². The van der Waals surface area contributed by atoms with Crippen molar-refractivity contribution in [2.75, 3.05) is 7.11 Å². The molecule has 2 aliphatic rings. The summed E-state index contributed by atoms with van der Waals surface area (Å²) in [6, 6.07) is 9.62. The molecule has 1 aromatic heterocycles. The van der Waals surface area contributed by atoms with Gasteiger partial charge in [0.1, 0.15) is 23.7 Å². The number of aromatic nitrogens is 1. The van der Waals surface area contributed by atoms with Crippen LogP contribution in [0.2, 0.25) is 0 Å². The fourth-order valence-electron chi connectivity index (χ4n) is 4.25. The highest BCUT2D eigenvalue weighted by Crippen LogP contribution is 2.37. The Morgan fingerprint density at radius 3 is 2.45 bits per heavy atom. The van der Waals surface area contributed by atoms with E-state index in [1.807, 2.05) is 5.06 Å². The first-order valence-corrected chi connectivity index (χ1v) is 10.1. The lowest BCUT2D eigenvalue weighted by atomic mass is 9.84. The first-order chi connectivity index (χ1) is 14.9. The van der Waals surface area contributed by atoms with Crippen LogP contribution in [0.3, 0.4) is 0 Å². The predicted molar refractivity (Wildman–Crippen MR) is 104 cm³/mol. The first-order valence-electron chi connectivity index (χ1n) is 10.1. The second-order valence-corrected chi connectivity index (χ2v) is 7.76. The number of pyridine rings is 1. The Kier molecular flexibility index (Phi) is 5.92. The van der Waals surface area contributed by atoms with Crippen molar-refractivity contribution in [2.45, 2.75) is 56.5 Å². The van der Waals surface area contributed by atoms with Crippen LogP contribution in [0.15, 0.2) is 36.5 Å². The van der Waals surface area contributed by atoms with E-state index in [9.17, 15) is 18.4 Å². The third kappa shape index (κ3) is 4.69. The van der Waals surface area contributed by atoms with Gasteiger partial charge in [0.05, 0.1) is 18.2 Å². The normalized spacial score (nSPS) is 23.6. The number of fused-ring (bicyclic) bond motifs is 2. The molecule has 0 spiro atoms. The molecule has 3 atom stereocenters. The third-order valence-electron chi connectivity index (χ3n) is 5.73. The number of halogens is 3. The van der Waals surface area contributed by atoms with E-state index in [2.05, 4.69) is 11.1 Å². The van der Waals surface area contributed by atoms with Crippen molar-refractivity contribution in [1.29, 1.82) is 5.26 Å². The van der Waals surface area contributed by atoms with Gasteiger partial charge < -0.3 is 14.3 Å². The van der Waals surface area contributed by atoms with Gasteiger partial charge in [-0.3, -0.25) is 0 Å². The summed E-state index contributed by atoms with van der Waals surface area (Å²) in [7, 11) is 1.54. The molecule has 6 nitrogen and oxygen atoms in total. The molecule has 164 valence electrons. The molecule has 2 fully saturated rings. The van der Waals surface area contributed by atoms with Gasteiger partial charge >= 0.3 is 6.18 Å². The summed E-state index contributed by atoms with van der Waals surface area (Å²) >= 11 is 0. The van der Waals surface area contributed by atoms with Crippen LogP contribution in [0.5, 0.6) is 17.4 Å². The quantitative estimate of drug-likeness (QED) is 0.679. The molecule has 2 aliphatic heterocycles. The third-order valence-corrected chi connectivity index (χ3v) is 5.73. The Bertz CT molecular complexity index is 945. The molecule has 0 radical (unpaired) electrons. The number of hydrogen-bond acceptors (Lipinski definition) is 6. The van der Waals surface area contributed by atoms with E-state index < -0.39 is 11.7 Å². The molecule has 2 saturated heterocycles. The molecule has 31 heavy (non-hydrogen) atoms. The van der Waals surface area contributed by atoms with E-state index in [1.165, 1.54) is 6.07 Å². The van der Waals surface area contributed by atoms with Gasteiger partial charge in [-0.2, -0.15) is 18.4 Å². The van der Waals surface area contributed by atoms with E-state index in [4.69, 9.17) is 14.3 Å². The summed E-state index contributed by atoms with van der Waals surface area (Å²) < 4.78 is 49.6. The number of nitriles is 1. The molecular weight excluding hydrogens is 411 g/mol. The second kappa shape index (κ2) is 8.63. The average Bonchev–Trinajstić information content (AvgIpc) is 2.74. The zero-order valence-electron chi connectivity index (χ0n) is 16.9. The van der Waals surface area contributed by atoms with Crippen molar-refractivity contribution in [2.24, 2.45) is 0 Å². The van der Waals surface area contributed by atoms with Crippen molar-refractivity contribution >= 4 is 0 Å². The molecule has 0 N–H and O–H groups in total. The van der Waals surface area contributed by atoms with Gasteiger partial charge in [0.2, 0.25) is 5.88 Å². The molecule has 2 aromatic rings. The number of hydroxylamine groups is 2. The zero-order chi connectivity index (χ0) is 22.0. The van der Waals surface area contributed by atoms with Gasteiger partial charge in [-0.25, -0.2) is 4.98 Å². The number of nitrogens with zero attached hydrogens (tertiary/aromatic N) is 3. The van der Waals surface area contributed by atoms with Crippen LogP contribution < -0.4 is 14.3 Å². The molecule has 0 amide bonds. The van der Waals surface area contributed by atoms with E-state index >= 15 is 0 Å². The summed E-state index contributed by atoms with van der Waals surface area (Å²) in [6.45, 7) is 0.